The zero-order chi connectivity index (χ0) is 66.0. The van der Waals surface area contributed by atoms with Crippen LogP contribution in [0, 0.1) is 0 Å². The van der Waals surface area contributed by atoms with Crippen LogP contribution in [0.4, 0.5) is 0 Å². The SMILES string of the molecule is c1cnc2c(c1)ccc1ccc(-c3ccc(-c4ccc5cc(-c6ccc7nc(-c8ccncc8)ccc7c6)ccc5n4)c4ccccc34)nc12.c1cnc2c(c1)ccc1ccc(-c3ccc4cc(-c5ccc6cc(-c7ccc8nc(-c9ccncc9)ccc8c7)ccc6n5)ccc4c3)nc12. The third-order valence-electron chi connectivity index (χ3n) is 19.1. The maximum atomic E-state index is 5.16. The summed E-state index contributed by atoms with van der Waals surface area (Å²) in [5.74, 6) is 0. The van der Waals surface area contributed by atoms with Crippen LogP contribution in [0.2, 0.25) is 0 Å². The molecular formula is C90H54N10. The average molecular weight is 1280 g/mol. The first-order valence-corrected chi connectivity index (χ1v) is 33.3. The number of nitrogens with zero attached hydrogens (tertiary/aromatic N) is 10. The predicted molar refractivity (Wildman–Crippen MR) is 409 cm³/mol. The fraction of sp³-hybridized carbons (Fsp3) is 0. The van der Waals surface area contributed by atoms with Crippen molar-refractivity contribution in [1.82, 2.24) is 49.8 Å². The van der Waals surface area contributed by atoms with Crippen molar-refractivity contribution in [2.24, 2.45) is 0 Å². The van der Waals surface area contributed by atoms with Crippen LogP contribution in [0.25, 0.3) is 199 Å². The van der Waals surface area contributed by atoms with Gasteiger partial charge in [-0.05, 0) is 177 Å². The van der Waals surface area contributed by atoms with Crippen molar-refractivity contribution in [3.8, 4) is 89.8 Å². The molecule has 0 aliphatic carbocycles. The second kappa shape index (κ2) is 24.2. The molecule has 10 aromatic heterocycles. The highest BCUT2D eigenvalue weighted by atomic mass is 14.8. The van der Waals surface area contributed by atoms with Gasteiger partial charge in [-0.2, -0.15) is 0 Å². The molecule has 0 fully saturated rings. The van der Waals surface area contributed by atoms with Gasteiger partial charge in [0.05, 0.1) is 78.3 Å². The van der Waals surface area contributed by atoms with Crippen LogP contribution in [0.3, 0.4) is 0 Å². The Hall–Kier alpha value is -13.7. The second-order valence-electron chi connectivity index (χ2n) is 25.2. The molecule has 20 aromatic rings. The number of benzene rings is 10. The van der Waals surface area contributed by atoms with E-state index in [0.29, 0.717) is 0 Å². The minimum absolute atomic E-state index is 0.917. The fourth-order valence-electron chi connectivity index (χ4n) is 14.0. The van der Waals surface area contributed by atoms with Crippen molar-refractivity contribution < 1.29 is 0 Å². The van der Waals surface area contributed by atoms with Crippen LogP contribution >= 0.6 is 0 Å². The number of rotatable bonds is 8. The van der Waals surface area contributed by atoms with Crippen LogP contribution < -0.4 is 0 Å². The first-order valence-electron chi connectivity index (χ1n) is 33.3. The molecule has 0 aliphatic heterocycles. The van der Waals surface area contributed by atoms with E-state index >= 15 is 0 Å². The summed E-state index contributed by atoms with van der Waals surface area (Å²) in [4.78, 5) is 47.7. The van der Waals surface area contributed by atoms with E-state index in [1.54, 1.807) is 24.8 Å². The largest absolute Gasteiger partial charge is 0.265 e. The van der Waals surface area contributed by atoms with E-state index in [4.69, 9.17) is 29.9 Å². The zero-order valence-corrected chi connectivity index (χ0v) is 53.6. The van der Waals surface area contributed by atoms with Gasteiger partial charge in [0.2, 0.25) is 0 Å². The van der Waals surface area contributed by atoms with Crippen molar-refractivity contribution in [3.05, 3.63) is 328 Å². The summed E-state index contributed by atoms with van der Waals surface area (Å²) in [6, 6.07) is 102. The molecule has 10 heterocycles. The van der Waals surface area contributed by atoms with Gasteiger partial charge in [0.1, 0.15) is 0 Å². The van der Waals surface area contributed by atoms with Crippen LogP contribution in [0.15, 0.2) is 328 Å². The molecule has 10 aromatic carbocycles. The molecule has 100 heavy (non-hydrogen) atoms. The lowest BCUT2D eigenvalue weighted by atomic mass is 9.95. The molecule has 20 rings (SSSR count). The average Bonchev–Trinajstić information content (AvgIpc) is 0.779. The first-order chi connectivity index (χ1) is 49.5. The van der Waals surface area contributed by atoms with Gasteiger partial charge < -0.3 is 0 Å². The van der Waals surface area contributed by atoms with Crippen LogP contribution in [-0.4, -0.2) is 49.8 Å². The Balaban J connectivity index is 0.000000139. The first kappa shape index (κ1) is 57.7. The van der Waals surface area contributed by atoms with Crippen molar-refractivity contribution in [3.63, 3.8) is 0 Å². The van der Waals surface area contributed by atoms with E-state index in [0.717, 1.165) is 199 Å². The molecule has 0 spiro atoms. The second-order valence-corrected chi connectivity index (χ2v) is 25.2. The number of hydrogen-bond donors (Lipinski definition) is 0. The van der Waals surface area contributed by atoms with Gasteiger partial charge in [0.15, 0.2) is 0 Å². The highest BCUT2D eigenvalue weighted by Gasteiger charge is 2.16. The van der Waals surface area contributed by atoms with Crippen LogP contribution in [-0.2, 0) is 0 Å². The van der Waals surface area contributed by atoms with Crippen molar-refractivity contribution >= 4 is 109 Å². The minimum atomic E-state index is 0.917. The molecular weight excluding hydrogens is 1220 g/mol. The predicted octanol–water partition coefficient (Wildman–Crippen LogP) is 22.2. The summed E-state index contributed by atoms with van der Waals surface area (Å²) >= 11 is 0. The molecule has 0 aliphatic rings. The normalized spacial score (nSPS) is 11.6. The van der Waals surface area contributed by atoms with E-state index in [2.05, 4.69) is 275 Å². The summed E-state index contributed by atoms with van der Waals surface area (Å²) in [7, 11) is 0. The third-order valence-corrected chi connectivity index (χ3v) is 19.1. The van der Waals surface area contributed by atoms with Gasteiger partial charge in [0.25, 0.3) is 0 Å². The smallest absolute Gasteiger partial charge is 0.0972 e. The number of hydrogen-bond acceptors (Lipinski definition) is 10. The lowest BCUT2D eigenvalue weighted by molar-refractivity contribution is 1.31. The fourth-order valence-corrected chi connectivity index (χ4v) is 14.0. The number of fused-ring (bicyclic) bond motifs is 12. The van der Waals surface area contributed by atoms with E-state index in [1.165, 1.54) is 0 Å². The highest BCUT2D eigenvalue weighted by Crippen LogP contribution is 2.39. The van der Waals surface area contributed by atoms with E-state index in [-0.39, 0.29) is 0 Å². The lowest BCUT2D eigenvalue weighted by Crippen LogP contribution is -1.92. The summed E-state index contributed by atoms with van der Waals surface area (Å²) in [6.45, 7) is 0. The summed E-state index contributed by atoms with van der Waals surface area (Å²) in [5.41, 5.74) is 24.3. The lowest BCUT2D eigenvalue weighted by Gasteiger charge is -2.13. The van der Waals surface area contributed by atoms with Crippen LogP contribution in [0.5, 0.6) is 0 Å². The van der Waals surface area contributed by atoms with Gasteiger partial charge in [-0.25, -0.2) is 29.9 Å². The van der Waals surface area contributed by atoms with Crippen molar-refractivity contribution in [1.29, 1.82) is 0 Å². The molecule has 464 valence electrons. The summed E-state index contributed by atoms with van der Waals surface area (Å²) < 4.78 is 0. The quantitative estimate of drug-likeness (QED) is 0.136. The summed E-state index contributed by atoms with van der Waals surface area (Å²) in [6.07, 6.45) is 10.8. The van der Waals surface area contributed by atoms with E-state index < -0.39 is 0 Å². The van der Waals surface area contributed by atoms with Crippen molar-refractivity contribution in [2.75, 3.05) is 0 Å². The molecule has 0 radical (unpaired) electrons. The Morgan fingerprint density at radius 2 is 0.470 bits per heavy atom. The number of pyridine rings is 10. The Bertz CT molecular complexity index is 6680. The highest BCUT2D eigenvalue weighted by molar-refractivity contribution is 6.08. The topological polar surface area (TPSA) is 129 Å². The Morgan fingerprint density at radius 3 is 0.890 bits per heavy atom. The van der Waals surface area contributed by atoms with E-state index in [1.807, 2.05) is 48.8 Å². The maximum Gasteiger partial charge on any atom is 0.0972 e. The van der Waals surface area contributed by atoms with Gasteiger partial charge in [-0.1, -0.05) is 158 Å². The third kappa shape index (κ3) is 10.7. The van der Waals surface area contributed by atoms with Crippen LogP contribution in [0.1, 0.15) is 0 Å². The molecule has 0 atom stereocenters. The van der Waals surface area contributed by atoms with Gasteiger partial charge in [-0.15, -0.1) is 0 Å². The Kier molecular flexibility index (Phi) is 14.0. The summed E-state index contributed by atoms with van der Waals surface area (Å²) in [5, 5.41) is 13.4. The molecule has 0 saturated carbocycles. The Morgan fingerprint density at radius 1 is 0.170 bits per heavy atom. The molecule has 0 N–H and O–H groups in total. The molecule has 0 saturated heterocycles. The minimum Gasteiger partial charge on any atom is -0.265 e. The van der Waals surface area contributed by atoms with Crippen molar-refractivity contribution in [2.45, 2.75) is 0 Å². The molecule has 10 nitrogen and oxygen atoms in total. The van der Waals surface area contributed by atoms with Gasteiger partial charge in [0, 0.05) is 114 Å². The molecule has 0 amide bonds. The standard InChI is InChI=1S/2C45H27N5/c1-2-29-3-4-30-9-14-43(50-45(30)44(29)47-21-1)36-8-6-31-24-35(7-5-32(31)25-36)42-18-13-38-27-34(11-16-41(38)49-42)33-10-15-40-37(26-33)12-17-39(48-40)28-19-22-46-23-20-28;1-2-6-36-35(5-1)37(14-15-38(36)43-19-9-30-8-7-29-4-3-23-47-44(29)45(30)50-43)42-20-13-34-27-32(11-17-41(34)49-42)31-10-16-40-33(26-31)12-18-39(48-40)28-21-24-46-25-22-28/h2*1-27H. The van der Waals surface area contributed by atoms with E-state index in [9.17, 15) is 0 Å². The molecule has 0 unspecified atom stereocenters. The Labute approximate surface area is 573 Å². The maximum absolute atomic E-state index is 5.16. The van der Waals surface area contributed by atoms with Gasteiger partial charge >= 0.3 is 0 Å². The monoisotopic (exact) mass is 1270 g/mol. The molecule has 0 bridgehead atoms. The van der Waals surface area contributed by atoms with Gasteiger partial charge in [-0.3, -0.25) is 19.9 Å². The molecule has 10 heteroatoms. The zero-order valence-electron chi connectivity index (χ0n) is 53.6. The number of aromatic nitrogens is 10.